The zero-order valence-corrected chi connectivity index (χ0v) is 28.9. The van der Waals surface area contributed by atoms with Crippen molar-refractivity contribution in [3.8, 4) is 0 Å². The lowest BCUT2D eigenvalue weighted by Crippen LogP contribution is -2.54. The zero-order chi connectivity index (χ0) is 33.8. The number of nitrogens with one attached hydrogen (secondary N) is 1. The van der Waals surface area contributed by atoms with Gasteiger partial charge in [0.15, 0.2) is 5.78 Å². The number of anilines is 1. The summed E-state index contributed by atoms with van der Waals surface area (Å²) in [7, 11) is 0. The van der Waals surface area contributed by atoms with Gasteiger partial charge in [-0.3, -0.25) is 24.2 Å². The van der Waals surface area contributed by atoms with Gasteiger partial charge in [0.05, 0.1) is 17.1 Å². The Kier molecular flexibility index (Phi) is 8.82. The summed E-state index contributed by atoms with van der Waals surface area (Å²) in [6.45, 7) is 16.4. The van der Waals surface area contributed by atoms with Crippen molar-refractivity contribution in [2.24, 2.45) is 46.3 Å². The summed E-state index contributed by atoms with van der Waals surface area (Å²) in [5.41, 5.74) is 3.71. The second-order valence-corrected chi connectivity index (χ2v) is 15.6. The summed E-state index contributed by atoms with van der Waals surface area (Å²) in [5, 5.41) is 4.04. The quantitative estimate of drug-likeness (QED) is 0.232. The van der Waals surface area contributed by atoms with E-state index in [1.54, 1.807) is 6.20 Å². The Bertz CT molecular complexity index is 1670. The molecule has 0 spiro atoms. The topological polar surface area (TPSA) is 102 Å². The van der Waals surface area contributed by atoms with Crippen LogP contribution >= 0.6 is 0 Å². The van der Waals surface area contributed by atoms with Crippen molar-refractivity contribution in [3.63, 3.8) is 0 Å². The van der Waals surface area contributed by atoms with Crippen LogP contribution in [0.4, 0.5) is 5.69 Å². The van der Waals surface area contributed by atoms with Crippen LogP contribution in [-0.4, -0.2) is 34.5 Å². The minimum Gasteiger partial charge on any atom is -0.458 e. The molecule has 0 radical (unpaired) electrons. The number of carbonyl (C=O) groups excluding carboxylic acids is 4. The van der Waals surface area contributed by atoms with Crippen molar-refractivity contribution in [3.05, 3.63) is 59.8 Å². The van der Waals surface area contributed by atoms with Gasteiger partial charge in [0.25, 0.3) is 0 Å². The molecule has 1 N–H and O–H groups in total. The molecule has 1 heterocycles. The minimum absolute atomic E-state index is 0.00152. The Labute approximate surface area is 279 Å². The van der Waals surface area contributed by atoms with E-state index >= 15 is 0 Å². The smallest absolute Gasteiger partial charge is 0.303 e. The number of benzene rings is 1. The Morgan fingerprint density at radius 1 is 1.13 bits per heavy atom. The Morgan fingerprint density at radius 3 is 2.62 bits per heavy atom. The summed E-state index contributed by atoms with van der Waals surface area (Å²) in [4.78, 5) is 57.2. The van der Waals surface area contributed by atoms with Crippen LogP contribution in [0.15, 0.2) is 59.8 Å². The number of rotatable bonds is 8. The van der Waals surface area contributed by atoms with Crippen LogP contribution < -0.4 is 5.32 Å². The number of hydrogen-bond acceptors (Lipinski definition) is 6. The lowest BCUT2D eigenvalue weighted by molar-refractivity contribution is -0.150. The van der Waals surface area contributed by atoms with Gasteiger partial charge in [0.1, 0.15) is 11.9 Å². The molecule has 1 aromatic heterocycles. The molecule has 0 unspecified atom stereocenters. The highest BCUT2D eigenvalue weighted by atomic mass is 16.5. The number of allylic oxidation sites excluding steroid dienone is 1. The molecule has 0 aliphatic heterocycles. The fourth-order valence-electron chi connectivity index (χ4n) is 10.2. The van der Waals surface area contributed by atoms with Gasteiger partial charge in [-0.2, -0.15) is 0 Å². The standard InChI is InChI=1S/C40H50N2O5/c1-22(24(3)38(46)42-31-12-8-10-27-11-9-19-41-37(27)31)13-14-23(2)28-15-16-29-35-34(47-26(5)43)20-30-25(4)32(44)17-18-39(30,6)36(35)33(45)21-40(28,29)7/h8-12,19,23-25,28-30,34H,1,13-18,20-21H2,2-7H3,(H,42,46)/t23-,24+,25+,28-,29+,30+,34-,39+,40-/m1/s1. The van der Waals surface area contributed by atoms with E-state index in [2.05, 4.69) is 37.7 Å². The first-order chi connectivity index (χ1) is 22.3. The number of esters is 1. The SMILES string of the molecule is C=C(CC[C@@H](C)[C@H]1CC[C@H]2C3=C(C(=O)C[C@]12C)[C@@]1(C)CCC(=O)[C@@H](C)[C@@H]1C[C@H]3OC(C)=O)[C@H](C)C(=O)Nc1cccc2cccnc12. The number of ketones is 2. The van der Waals surface area contributed by atoms with E-state index in [1.165, 1.54) is 6.92 Å². The third-order valence-corrected chi connectivity index (χ3v) is 12.9. The molecular formula is C40H50N2O5. The van der Waals surface area contributed by atoms with E-state index in [0.717, 1.165) is 53.3 Å². The maximum absolute atomic E-state index is 14.3. The van der Waals surface area contributed by atoms with Gasteiger partial charge in [-0.1, -0.05) is 58.0 Å². The fraction of sp³-hybridized carbons (Fsp3) is 0.575. The number of nitrogens with zero attached hydrogens (tertiary/aromatic N) is 1. The molecule has 2 fully saturated rings. The number of ether oxygens (including phenoxy) is 1. The molecule has 0 saturated heterocycles. The normalized spacial score (nSPS) is 33.0. The van der Waals surface area contributed by atoms with E-state index in [9.17, 15) is 19.2 Å². The number of para-hydroxylation sites is 1. The van der Waals surface area contributed by atoms with E-state index in [-0.39, 0.29) is 57.9 Å². The summed E-state index contributed by atoms with van der Waals surface area (Å²) in [6.07, 6.45) is 7.13. The minimum atomic E-state index is -0.451. The number of fused-ring (bicyclic) bond motifs is 5. The van der Waals surface area contributed by atoms with Crippen molar-refractivity contribution in [2.75, 3.05) is 5.32 Å². The molecule has 47 heavy (non-hydrogen) atoms. The van der Waals surface area contributed by atoms with Crippen LogP contribution in [-0.2, 0) is 23.9 Å². The summed E-state index contributed by atoms with van der Waals surface area (Å²) >= 11 is 0. The zero-order valence-electron chi connectivity index (χ0n) is 28.9. The monoisotopic (exact) mass is 638 g/mol. The second-order valence-electron chi connectivity index (χ2n) is 15.6. The molecule has 2 aromatic rings. The van der Waals surface area contributed by atoms with Crippen LogP contribution in [0.1, 0.15) is 92.9 Å². The van der Waals surface area contributed by atoms with Gasteiger partial charge in [0.2, 0.25) is 5.91 Å². The van der Waals surface area contributed by atoms with E-state index < -0.39 is 6.10 Å². The highest BCUT2D eigenvalue weighted by Crippen LogP contribution is 2.65. The number of Topliss-reactive ketones (excluding diaryl/α,β-unsaturated/α-hetero) is 2. The third-order valence-electron chi connectivity index (χ3n) is 12.9. The molecule has 6 rings (SSSR count). The van der Waals surface area contributed by atoms with E-state index in [4.69, 9.17) is 4.74 Å². The average Bonchev–Trinajstić information content (AvgIpc) is 3.38. The van der Waals surface area contributed by atoms with Gasteiger partial charge in [-0.05, 0) is 92.2 Å². The molecule has 1 aromatic carbocycles. The molecule has 7 heteroatoms. The Balaban J connectivity index is 1.18. The molecule has 0 bridgehead atoms. The molecule has 9 atom stereocenters. The number of aromatic nitrogens is 1. The number of carbonyl (C=O) groups is 4. The lowest BCUT2D eigenvalue weighted by Gasteiger charge is -2.56. The van der Waals surface area contributed by atoms with Gasteiger partial charge in [-0.15, -0.1) is 0 Å². The van der Waals surface area contributed by atoms with Crippen LogP contribution in [0, 0.1) is 46.3 Å². The first-order valence-corrected chi connectivity index (χ1v) is 17.6. The van der Waals surface area contributed by atoms with Crippen molar-refractivity contribution in [1.29, 1.82) is 0 Å². The average molecular weight is 639 g/mol. The van der Waals surface area contributed by atoms with Gasteiger partial charge < -0.3 is 10.1 Å². The Hall–Kier alpha value is -3.61. The molecule has 4 aliphatic rings. The van der Waals surface area contributed by atoms with Gasteiger partial charge in [0, 0.05) is 48.3 Å². The highest BCUT2D eigenvalue weighted by Gasteiger charge is 2.62. The predicted octanol–water partition coefficient (Wildman–Crippen LogP) is 8.04. The van der Waals surface area contributed by atoms with Gasteiger partial charge >= 0.3 is 5.97 Å². The number of amides is 1. The maximum Gasteiger partial charge on any atom is 0.303 e. The van der Waals surface area contributed by atoms with Crippen molar-refractivity contribution >= 4 is 40.0 Å². The molecule has 2 saturated carbocycles. The largest absolute Gasteiger partial charge is 0.458 e. The second kappa shape index (κ2) is 12.4. The summed E-state index contributed by atoms with van der Waals surface area (Å²) < 4.78 is 6.02. The molecule has 1 amide bonds. The maximum atomic E-state index is 14.3. The molecule has 7 nitrogen and oxygen atoms in total. The first kappa shape index (κ1) is 33.3. The molecular weight excluding hydrogens is 588 g/mol. The lowest BCUT2D eigenvalue weighted by atomic mass is 9.48. The summed E-state index contributed by atoms with van der Waals surface area (Å²) in [5.74, 6) is 0.295. The highest BCUT2D eigenvalue weighted by molar-refractivity contribution is 6.02. The molecule has 250 valence electrons. The van der Waals surface area contributed by atoms with Crippen LogP contribution in [0.3, 0.4) is 0 Å². The van der Waals surface area contributed by atoms with Crippen molar-refractivity contribution in [1.82, 2.24) is 4.98 Å². The fourth-order valence-corrected chi connectivity index (χ4v) is 10.2. The molecule has 4 aliphatic carbocycles. The van der Waals surface area contributed by atoms with E-state index in [0.29, 0.717) is 43.2 Å². The van der Waals surface area contributed by atoms with Crippen molar-refractivity contribution in [2.45, 2.75) is 99.0 Å². The predicted molar refractivity (Wildman–Crippen MR) is 183 cm³/mol. The Morgan fingerprint density at radius 2 is 1.87 bits per heavy atom. The number of hydrogen-bond donors (Lipinski definition) is 1. The van der Waals surface area contributed by atoms with E-state index in [1.807, 2.05) is 44.2 Å². The summed E-state index contributed by atoms with van der Waals surface area (Å²) in [6, 6.07) is 9.64. The van der Waals surface area contributed by atoms with Crippen LogP contribution in [0.5, 0.6) is 0 Å². The van der Waals surface area contributed by atoms with Gasteiger partial charge in [-0.25, -0.2) is 0 Å². The van der Waals surface area contributed by atoms with Crippen LogP contribution in [0.25, 0.3) is 10.9 Å². The van der Waals surface area contributed by atoms with Crippen molar-refractivity contribution < 1.29 is 23.9 Å². The van der Waals surface area contributed by atoms with Crippen LogP contribution in [0.2, 0.25) is 0 Å². The number of pyridine rings is 1. The first-order valence-electron chi connectivity index (χ1n) is 17.6. The third kappa shape index (κ3) is 5.67.